The summed E-state index contributed by atoms with van der Waals surface area (Å²) in [4.78, 5) is 11.4. The molecule has 1 aromatic carbocycles. The molecule has 0 heterocycles. The monoisotopic (exact) mass is 194 g/mol. The molecule has 0 unspecified atom stereocenters. The van der Waals surface area contributed by atoms with E-state index in [2.05, 4.69) is 0 Å². The van der Waals surface area contributed by atoms with Crippen molar-refractivity contribution in [3.05, 3.63) is 28.8 Å². The summed E-state index contributed by atoms with van der Waals surface area (Å²) in [6.07, 6.45) is 0. The van der Waals surface area contributed by atoms with Crippen molar-refractivity contribution in [3.63, 3.8) is 0 Å². The predicted molar refractivity (Wildman–Crippen MR) is 53.5 cm³/mol. The van der Waals surface area contributed by atoms with E-state index in [1.54, 1.807) is 19.9 Å². The molecule has 0 aliphatic rings. The van der Waals surface area contributed by atoms with Gasteiger partial charge < -0.3 is 9.84 Å². The number of aromatic hydroxyl groups is 1. The van der Waals surface area contributed by atoms with Crippen molar-refractivity contribution in [1.29, 1.82) is 0 Å². The van der Waals surface area contributed by atoms with Crippen LogP contribution in [0.4, 0.5) is 0 Å². The van der Waals surface area contributed by atoms with Crippen molar-refractivity contribution >= 4 is 5.97 Å². The molecule has 3 heteroatoms. The summed E-state index contributed by atoms with van der Waals surface area (Å²) in [6, 6.07) is 3.39. The standard InChI is InChI=1S/C11H14O3/c1-4-14-11(13)10-8(3)5-7(2)6-9(10)12/h5-6,12H,4H2,1-3H3. The van der Waals surface area contributed by atoms with E-state index in [9.17, 15) is 9.90 Å². The van der Waals surface area contributed by atoms with Crippen molar-refractivity contribution in [2.45, 2.75) is 20.8 Å². The minimum absolute atomic E-state index is 0.0130. The Bertz CT molecular complexity index is 333. The lowest BCUT2D eigenvalue weighted by Gasteiger charge is -2.08. The van der Waals surface area contributed by atoms with Crippen LogP contribution in [-0.2, 0) is 4.74 Å². The lowest BCUT2D eigenvalue weighted by molar-refractivity contribution is 0.0522. The van der Waals surface area contributed by atoms with E-state index in [0.717, 1.165) is 11.1 Å². The summed E-state index contributed by atoms with van der Waals surface area (Å²) in [7, 11) is 0. The van der Waals surface area contributed by atoms with Gasteiger partial charge in [-0.1, -0.05) is 6.07 Å². The number of benzene rings is 1. The molecule has 0 atom stereocenters. The molecule has 0 saturated heterocycles. The van der Waals surface area contributed by atoms with Gasteiger partial charge in [-0.3, -0.25) is 0 Å². The zero-order valence-electron chi connectivity index (χ0n) is 8.63. The lowest BCUT2D eigenvalue weighted by atomic mass is 10.0. The van der Waals surface area contributed by atoms with E-state index in [4.69, 9.17) is 4.74 Å². The van der Waals surface area contributed by atoms with Gasteiger partial charge >= 0.3 is 5.97 Å². The maximum atomic E-state index is 11.4. The second-order valence-corrected chi connectivity index (χ2v) is 3.20. The molecule has 0 spiro atoms. The van der Waals surface area contributed by atoms with Crippen LogP contribution >= 0.6 is 0 Å². The van der Waals surface area contributed by atoms with Crippen LogP contribution in [0.3, 0.4) is 0 Å². The Morgan fingerprint density at radius 1 is 1.43 bits per heavy atom. The fourth-order valence-corrected chi connectivity index (χ4v) is 1.41. The zero-order valence-corrected chi connectivity index (χ0v) is 8.63. The van der Waals surface area contributed by atoms with Crippen molar-refractivity contribution < 1.29 is 14.6 Å². The van der Waals surface area contributed by atoms with Gasteiger partial charge in [0.1, 0.15) is 11.3 Å². The van der Waals surface area contributed by atoms with Crippen LogP contribution in [0.15, 0.2) is 12.1 Å². The van der Waals surface area contributed by atoms with E-state index in [-0.39, 0.29) is 11.3 Å². The number of esters is 1. The molecule has 3 nitrogen and oxygen atoms in total. The fraction of sp³-hybridized carbons (Fsp3) is 0.364. The Morgan fingerprint density at radius 2 is 2.07 bits per heavy atom. The first kappa shape index (κ1) is 10.6. The number of rotatable bonds is 2. The number of ether oxygens (including phenoxy) is 1. The second kappa shape index (κ2) is 4.13. The Balaban J connectivity index is 3.14. The minimum atomic E-state index is -0.470. The number of hydrogen-bond donors (Lipinski definition) is 1. The topological polar surface area (TPSA) is 46.5 Å². The normalized spacial score (nSPS) is 9.93. The van der Waals surface area contributed by atoms with E-state index in [1.165, 1.54) is 0 Å². The van der Waals surface area contributed by atoms with Gasteiger partial charge in [-0.2, -0.15) is 0 Å². The smallest absolute Gasteiger partial charge is 0.342 e. The van der Waals surface area contributed by atoms with Gasteiger partial charge in [0.25, 0.3) is 0 Å². The van der Waals surface area contributed by atoms with E-state index < -0.39 is 5.97 Å². The molecule has 1 N–H and O–H groups in total. The van der Waals surface area contributed by atoms with Gasteiger partial charge in [0.15, 0.2) is 0 Å². The molecular weight excluding hydrogens is 180 g/mol. The lowest BCUT2D eigenvalue weighted by Crippen LogP contribution is -2.07. The Morgan fingerprint density at radius 3 is 2.57 bits per heavy atom. The van der Waals surface area contributed by atoms with Crippen molar-refractivity contribution in [3.8, 4) is 5.75 Å². The highest BCUT2D eigenvalue weighted by Gasteiger charge is 2.15. The van der Waals surface area contributed by atoms with Crippen LogP contribution < -0.4 is 0 Å². The number of phenols is 1. The Hall–Kier alpha value is -1.51. The highest BCUT2D eigenvalue weighted by molar-refractivity contribution is 5.94. The van der Waals surface area contributed by atoms with Gasteiger partial charge in [0.05, 0.1) is 6.61 Å². The third-order valence-corrected chi connectivity index (χ3v) is 1.94. The van der Waals surface area contributed by atoms with Gasteiger partial charge in [-0.15, -0.1) is 0 Å². The SMILES string of the molecule is CCOC(=O)c1c(C)cc(C)cc1O. The van der Waals surface area contributed by atoms with Crippen LogP contribution in [0.5, 0.6) is 5.75 Å². The summed E-state index contributed by atoms with van der Waals surface area (Å²) < 4.78 is 4.83. The molecular formula is C11H14O3. The molecule has 0 aliphatic carbocycles. The number of carbonyl (C=O) groups excluding carboxylic acids is 1. The van der Waals surface area contributed by atoms with Crippen molar-refractivity contribution in [2.75, 3.05) is 6.61 Å². The number of hydrogen-bond acceptors (Lipinski definition) is 3. The maximum Gasteiger partial charge on any atom is 0.342 e. The van der Waals surface area contributed by atoms with Crippen LogP contribution in [-0.4, -0.2) is 17.7 Å². The van der Waals surface area contributed by atoms with Crippen LogP contribution in [0.1, 0.15) is 28.4 Å². The molecule has 76 valence electrons. The van der Waals surface area contributed by atoms with Gasteiger partial charge in [-0.25, -0.2) is 4.79 Å². The fourth-order valence-electron chi connectivity index (χ4n) is 1.41. The van der Waals surface area contributed by atoms with Crippen LogP contribution in [0.25, 0.3) is 0 Å². The molecule has 0 radical (unpaired) electrons. The molecule has 0 amide bonds. The zero-order chi connectivity index (χ0) is 10.7. The molecule has 0 fully saturated rings. The van der Waals surface area contributed by atoms with Crippen molar-refractivity contribution in [1.82, 2.24) is 0 Å². The Kier molecular flexibility index (Phi) is 3.12. The highest BCUT2D eigenvalue weighted by Crippen LogP contribution is 2.23. The first-order chi connectivity index (χ1) is 6.56. The predicted octanol–water partition coefficient (Wildman–Crippen LogP) is 2.19. The van der Waals surface area contributed by atoms with E-state index >= 15 is 0 Å². The summed E-state index contributed by atoms with van der Waals surface area (Å²) in [5.74, 6) is -0.483. The third kappa shape index (κ3) is 2.05. The number of carbonyl (C=O) groups is 1. The Labute approximate surface area is 83.3 Å². The highest BCUT2D eigenvalue weighted by atomic mass is 16.5. The van der Waals surface area contributed by atoms with E-state index in [0.29, 0.717) is 6.61 Å². The largest absolute Gasteiger partial charge is 0.507 e. The third-order valence-electron chi connectivity index (χ3n) is 1.94. The summed E-state index contributed by atoms with van der Waals surface area (Å²) in [5.41, 5.74) is 1.92. The van der Waals surface area contributed by atoms with Crippen molar-refractivity contribution in [2.24, 2.45) is 0 Å². The molecule has 0 saturated carbocycles. The number of aryl methyl sites for hydroxylation is 2. The van der Waals surface area contributed by atoms with Crippen LogP contribution in [0, 0.1) is 13.8 Å². The van der Waals surface area contributed by atoms with E-state index in [1.807, 2.05) is 13.0 Å². The first-order valence-electron chi connectivity index (χ1n) is 4.53. The van der Waals surface area contributed by atoms with Gasteiger partial charge in [0, 0.05) is 0 Å². The maximum absolute atomic E-state index is 11.4. The summed E-state index contributed by atoms with van der Waals surface area (Å²) in [6.45, 7) is 5.69. The molecule has 0 aliphatic heterocycles. The van der Waals surface area contributed by atoms with Gasteiger partial charge in [0.2, 0.25) is 0 Å². The number of phenolic OH excluding ortho intramolecular Hbond substituents is 1. The average molecular weight is 194 g/mol. The molecule has 14 heavy (non-hydrogen) atoms. The molecule has 0 bridgehead atoms. The quantitative estimate of drug-likeness (QED) is 0.734. The molecule has 1 aromatic rings. The summed E-state index contributed by atoms with van der Waals surface area (Å²) in [5, 5.41) is 9.57. The second-order valence-electron chi connectivity index (χ2n) is 3.20. The van der Waals surface area contributed by atoms with Gasteiger partial charge in [-0.05, 0) is 38.0 Å². The molecule has 0 aromatic heterocycles. The molecule has 1 rings (SSSR count). The summed E-state index contributed by atoms with van der Waals surface area (Å²) >= 11 is 0. The first-order valence-corrected chi connectivity index (χ1v) is 4.53. The average Bonchev–Trinajstić information content (AvgIpc) is 2.01. The van der Waals surface area contributed by atoms with Crippen LogP contribution in [0.2, 0.25) is 0 Å². The minimum Gasteiger partial charge on any atom is -0.507 e.